The third-order valence-corrected chi connectivity index (χ3v) is 3.68. The lowest BCUT2D eigenvalue weighted by molar-refractivity contribution is -0.133. The average molecular weight is 260 g/mol. The van der Waals surface area contributed by atoms with Crippen molar-refractivity contribution in [3.8, 4) is 0 Å². The summed E-state index contributed by atoms with van der Waals surface area (Å²) in [6.07, 6.45) is 2.52. The molecule has 0 radical (unpaired) electrons. The largest absolute Gasteiger partial charge is 0.465 e. The maximum Gasteiger partial charge on any atom is 0.338 e. The Bertz CT molecular complexity index is 638. The third kappa shape index (κ3) is 2.07. The molecule has 0 atom stereocenters. The van der Waals surface area contributed by atoms with Crippen LogP contribution in [-0.4, -0.2) is 19.4 Å². The predicted molar refractivity (Wildman–Crippen MR) is 72.9 cm³/mol. The minimum atomic E-state index is -0.367. The summed E-state index contributed by atoms with van der Waals surface area (Å²) in [6.45, 7) is 1.79. The van der Waals surface area contributed by atoms with E-state index in [2.05, 4.69) is 0 Å². The summed E-state index contributed by atoms with van der Waals surface area (Å²) in [5.41, 5.74) is 1.93. The van der Waals surface area contributed by atoms with Gasteiger partial charge >= 0.3 is 5.97 Å². The summed E-state index contributed by atoms with van der Waals surface area (Å²) in [4.78, 5) is 22.5. The maximum absolute atomic E-state index is 11.7. The summed E-state index contributed by atoms with van der Waals surface area (Å²) in [5, 5.41) is 2.81. The lowest BCUT2D eigenvalue weighted by Gasteiger charge is -2.03. The van der Waals surface area contributed by atoms with E-state index in [1.54, 1.807) is 36.5 Å². The minimum absolute atomic E-state index is 0.367. The topological polar surface area (TPSA) is 43.4 Å². The van der Waals surface area contributed by atoms with Crippen molar-refractivity contribution in [2.24, 2.45) is 0 Å². The van der Waals surface area contributed by atoms with Crippen LogP contribution in [0.5, 0.6) is 0 Å². The number of fused-ring (bicyclic) bond motifs is 1. The van der Waals surface area contributed by atoms with Gasteiger partial charge in [0.05, 0.1) is 12.7 Å². The monoisotopic (exact) mass is 260 g/mol. The van der Waals surface area contributed by atoms with Gasteiger partial charge in [-0.3, -0.25) is 4.79 Å². The molecule has 3 nitrogen and oxygen atoms in total. The molecule has 0 saturated carbocycles. The normalized spacial score (nSPS) is 11.6. The zero-order valence-corrected chi connectivity index (χ0v) is 10.9. The molecule has 0 aliphatic carbocycles. The second kappa shape index (κ2) is 5.14. The molecular formula is C14H12O3S. The third-order valence-electron chi connectivity index (χ3n) is 2.72. The van der Waals surface area contributed by atoms with Crippen LogP contribution in [0.3, 0.4) is 0 Å². The number of esters is 1. The molecule has 0 spiro atoms. The minimum Gasteiger partial charge on any atom is -0.465 e. The predicted octanol–water partition coefficient (Wildman–Crippen LogP) is 3.29. The number of hydrogen-bond acceptors (Lipinski definition) is 4. The molecule has 2 aromatic rings. The van der Waals surface area contributed by atoms with Crippen LogP contribution in [-0.2, 0) is 9.53 Å². The molecule has 0 saturated heterocycles. The molecule has 0 unspecified atom stereocenters. The van der Waals surface area contributed by atoms with Gasteiger partial charge in [-0.05, 0) is 19.1 Å². The highest BCUT2D eigenvalue weighted by atomic mass is 32.1. The van der Waals surface area contributed by atoms with Gasteiger partial charge in [0.15, 0.2) is 0 Å². The number of thiophene rings is 1. The Morgan fingerprint density at radius 2 is 2.17 bits per heavy atom. The Morgan fingerprint density at radius 1 is 1.39 bits per heavy atom. The standard InChI is InChI=1S/C14H12O3S/c1-3-10(14(16)17-2)12-8-18-13-5-4-9(7-15)6-11(12)13/h3-8H,1-2H3. The van der Waals surface area contributed by atoms with Gasteiger partial charge in [-0.25, -0.2) is 4.79 Å². The number of benzene rings is 1. The summed E-state index contributed by atoms with van der Waals surface area (Å²) in [5.74, 6) is -0.367. The van der Waals surface area contributed by atoms with E-state index in [0.717, 1.165) is 21.9 Å². The van der Waals surface area contributed by atoms with Gasteiger partial charge < -0.3 is 4.74 Å². The molecule has 0 bridgehead atoms. The van der Waals surface area contributed by atoms with Crippen LogP contribution in [0.1, 0.15) is 22.8 Å². The van der Waals surface area contributed by atoms with Crippen LogP contribution < -0.4 is 0 Å². The highest BCUT2D eigenvalue weighted by Crippen LogP contribution is 2.32. The first kappa shape index (κ1) is 12.5. The lowest BCUT2D eigenvalue weighted by atomic mass is 10.0. The van der Waals surface area contributed by atoms with Crippen molar-refractivity contribution >= 4 is 39.3 Å². The van der Waals surface area contributed by atoms with Gasteiger partial charge in [0.25, 0.3) is 0 Å². The quantitative estimate of drug-likeness (QED) is 0.483. The van der Waals surface area contributed by atoms with E-state index in [1.165, 1.54) is 7.11 Å². The van der Waals surface area contributed by atoms with Crippen LogP contribution in [0.25, 0.3) is 15.7 Å². The SMILES string of the molecule is CC=C(C(=O)OC)c1csc2ccc(C=O)cc12. The molecule has 92 valence electrons. The molecule has 2 rings (SSSR count). The number of methoxy groups -OCH3 is 1. The average Bonchev–Trinajstić information content (AvgIpc) is 2.82. The molecule has 1 aromatic carbocycles. The van der Waals surface area contributed by atoms with Gasteiger partial charge in [-0.2, -0.15) is 0 Å². The van der Waals surface area contributed by atoms with Crippen molar-refractivity contribution in [3.05, 3.63) is 40.8 Å². The second-order valence-electron chi connectivity index (χ2n) is 3.72. The summed E-state index contributed by atoms with van der Waals surface area (Å²) in [7, 11) is 1.36. The molecule has 18 heavy (non-hydrogen) atoms. The number of carbonyl (C=O) groups excluding carboxylic acids is 2. The molecule has 1 heterocycles. The molecule has 0 fully saturated rings. The summed E-state index contributed by atoms with van der Waals surface area (Å²) >= 11 is 1.54. The fourth-order valence-corrected chi connectivity index (χ4v) is 2.76. The molecule has 4 heteroatoms. The smallest absolute Gasteiger partial charge is 0.338 e. The van der Waals surface area contributed by atoms with Gasteiger partial charge in [-0.1, -0.05) is 12.1 Å². The van der Waals surface area contributed by atoms with E-state index in [1.807, 2.05) is 11.4 Å². The first-order valence-electron chi connectivity index (χ1n) is 5.42. The first-order chi connectivity index (χ1) is 8.71. The van der Waals surface area contributed by atoms with E-state index in [-0.39, 0.29) is 5.97 Å². The van der Waals surface area contributed by atoms with E-state index < -0.39 is 0 Å². The highest BCUT2D eigenvalue weighted by Gasteiger charge is 2.15. The molecular weight excluding hydrogens is 248 g/mol. The zero-order chi connectivity index (χ0) is 13.1. The summed E-state index contributed by atoms with van der Waals surface area (Å²) < 4.78 is 5.80. The number of carbonyl (C=O) groups is 2. The first-order valence-corrected chi connectivity index (χ1v) is 6.30. The number of hydrogen-bond donors (Lipinski definition) is 0. The molecule has 0 N–H and O–H groups in total. The molecule has 0 aliphatic heterocycles. The Hall–Kier alpha value is -1.94. The Kier molecular flexibility index (Phi) is 3.58. The van der Waals surface area contributed by atoms with Crippen LogP contribution >= 0.6 is 11.3 Å². The number of ether oxygens (including phenoxy) is 1. The number of aldehydes is 1. The fraction of sp³-hybridized carbons (Fsp3) is 0.143. The second-order valence-corrected chi connectivity index (χ2v) is 4.63. The Balaban J connectivity index is 2.63. The van der Waals surface area contributed by atoms with E-state index in [4.69, 9.17) is 4.74 Å². The van der Waals surface area contributed by atoms with Crippen molar-refractivity contribution in [1.29, 1.82) is 0 Å². The Morgan fingerprint density at radius 3 is 2.78 bits per heavy atom. The van der Waals surface area contributed by atoms with Gasteiger partial charge in [-0.15, -0.1) is 11.3 Å². The van der Waals surface area contributed by atoms with Crippen LogP contribution in [0.15, 0.2) is 29.7 Å². The van der Waals surface area contributed by atoms with E-state index in [0.29, 0.717) is 11.1 Å². The summed E-state index contributed by atoms with van der Waals surface area (Å²) in [6, 6.07) is 5.45. The van der Waals surface area contributed by atoms with Gasteiger partial charge in [0.1, 0.15) is 6.29 Å². The van der Waals surface area contributed by atoms with E-state index >= 15 is 0 Å². The Labute approximate surface area is 109 Å². The van der Waals surface area contributed by atoms with Crippen LogP contribution in [0.2, 0.25) is 0 Å². The van der Waals surface area contributed by atoms with Crippen molar-refractivity contribution in [3.63, 3.8) is 0 Å². The fourth-order valence-electron chi connectivity index (χ4n) is 1.82. The zero-order valence-electron chi connectivity index (χ0n) is 10.1. The van der Waals surface area contributed by atoms with Crippen molar-refractivity contribution in [2.45, 2.75) is 6.92 Å². The van der Waals surface area contributed by atoms with Crippen LogP contribution in [0, 0.1) is 0 Å². The lowest BCUT2D eigenvalue weighted by Crippen LogP contribution is -2.03. The van der Waals surface area contributed by atoms with E-state index in [9.17, 15) is 9.59 Å². The highest BCUT2D eigenvalue weighted by molar-refractivity contribution is 7.17. The van der Waals surface area contributed by atoms with Crippen LogP contribution in [0.4, 0.5) is 0 Å². The van der Waals surface area contributed by atoms with Gasteiger partial charge in [0.2, 0.25) is 0 Å². The molecule has 0 aliphatic rings. The number of rotatable bonds is 3. The van der Waals surface area contributed by atoms with Gasteiger partial charge in [0, 0.05) is 26.6 Å². The number of allylic oxidation sites excluding steroid dienone is 1. The van der Waals surface area contributed by atoms with Crippen molar-refractivity contribution < 1.29 is 14.3 Å². The van der Waals surface area contributed by atoms with Crippen molar-refractivity contribution in [2.75, 3.05) is 7.11 Å². The maximum atomic E-state index is 11.7. The molecule has 0 amide bonds. The van der Waals surface area contributed by atoms with Crippen molar-refractivity contribution in [1.82, 2.24) is 0 Å². The molecule has 1 aromatic heterocycles.